The van der Waals surface area contributed by atoms with Crippen LogP contribution < -0.4 is 5.32 Å². The summed E-state index contributed by atoms with van der Waals surface area (Å²) in [7, 11) is 0. The Balaban J connectivity index is 1.79. The molecule has 17 heavy (non-hydrogen) atoms. The third-order valence-electron chi connectivity index (χ3n) is 2.48. The van der Waals surface area contributed by atoms with E-state index in [9.17, 15) is 0 Å². The molecule has 0 spiro atoms. The Hall–Kier alpha value is -1.26. The van der Waals surface area contributed by atoms with Gasteiger partial charge in [-0.3, -0.25) is 4.68 Å². The molecular formula is C12H16ClN3O. The van der Waals surface area contributed by atoms with E-state index < -0.39 is 0 Å². The smallest absolute Gasteiger partial charge is 0.193 e. The van der Waals surface area contributed by atoms with Crippen molar-refractivity contribution in [3.05, 3.63) is 41.1 Å². The molecule has 0 aliphatic carbocycles. The molecule has 2 heterocycles. The topological polar surface area (TPSA) is 43.0 Å². The van der Waals surface area contributed by atoms with Crippen LogP contribution in [0.1, 0.15) is 18.2 Å². The summed E-state index contributed by atoms with van der Waals surface area (Å²) < 4.78 is 7.20. The van der Waals surface area contributed by atoms with E-state index in [-0.39, 0.29) is 0 Å². The molecule has 5 heteroatoms. The quantitative estimate of drug-likeness (QED) is 0.891. The minimum absolute atomic E-state index is 0.318. The molecule has 0 amide bonds. The molecule has 2 aromatic rings. The molecule has 2 aromatic heterocycles. The van der Waals surface area contributed by atoms with Gasteiger partial charge in [0.1, 0.15) is 5.76 Å². The normalized spacial score (nSPS) is 12.9. The second kappa shape index (κ2) is 5.38. The van der Waals surface area contributed by atoms with Crippen molar-refractivity contribution in [3.63, 3.8) is 0 Å². The molecule has 1 atom stereocenters. The average molecular weight is 254 g/mol. The first kappa shape index (κ1) is 12.2. The van der Waals surface area contributed by atoms with Gasteiger partial charge in [-0.05, 0) is 43.1 Å². The van der Waals surface area contributed by atoms with Crippen molar-refractivity contribution in [3.8, 4) is 0 Å². The summed E-state index contributed by atoms with van der Waals surface area (Å²) in [6.07, 6.45) is 3.89. The van der Waals surface area contributed by atoms with Crippen molar-refractivity contribution in [1.29, 1.82) is 0 Å². The third kappa shape index (κ3) is 3.61. The van der Waals surface area contributed by atoms with Crippen LogP contribution in [0.25, 0.3) is 0 Å². The predicted molar refractivity (Wildman–Crippen MR) is 67.0 cm³/mol. The number of rotatable bonds is 5. The van der Waals surface area contributed by atoms with Crippen molar-refractivity contribution in [2.24, 2.45) is 0 Å². The van der Waals surface area contributed by atoms with E-state index in [1.807, 2.05) is 30.1 Å². The fourth-order valence-electron chi connectivity index (χ4n) is 1.63. The summed E-state index contributed by atoms with van der Waals surface area (Å²) in [5, 5.41) is 8.03. The number of hydrogen-bond donors (Lipinski definition) is 1. The molecule has 1 N–H and O–H groups in total. The van der Waals surface area contributed by atoms with Gasteiger partial charge in [-0.2, -0.15) is 5.10 Å². The van der Waals surface area contributed by atoms with E-state index in [0.717, 1.165) is 12.3 Å². The lowest BCUT2D eigenvalue weighted by atomic mass is 10.3. The van der Waals surface area contributed by atoms with Crippen LogP contribution in [-0.2, 0) is 13.1 Å². The number of aryl methyl sites for hydroxylation is 1. The molecule has 0 aliphatic heterocycles. The Bertz CT molecular complexity index is 478. The molecule has 0 saturated carbocycles. The highest BCUT2D eigenvalue weighted by atomic mass is 35.5. The molecule has 0 fully saturated rings. The van der Waals surface area contributed by atoms with Crippen molar-refractivity contribution >= 4 is 11.6 Å². The van der Waals surface area contributed by atoms with Crippen LogP contribution in [0.4, 0.5) is 0 Å². The van der Waals surface area contributed by atoms with Crippen molar-refractivity contribution in [1.82, 2.24) is 15.1 Å². The molecule has 0 unspecified atom stereocenters. The van der Waals surface area contributed by atoms with Gasteiger partial charge in [0.2, 0.25) is 0 Å². The molecule has 92 valence electrons. The zero-order valence-electron chi connectivity index (χ0n) is 9.98. The van der Waals surface area contributed by atoms with E-state index in [1.54, 1.807) is 6.07 Å². The fraction of sp³-hybridized carbons (Fsp3) is 0.417. The highest BCUT2D eigenvalue weighted by Crippen LogP contribution is 2.12. The minimum atomic E-state index is 0.318. The highest BCUT2D eigenvalue weighted by molar-refractivity contribution is 6.28. The van der Waals surface area contributed by atoms with Gasteiger partial charge in [0.05, 0.1) is 19.3 Å². The second-order valence-corrected chi connectivity index (χ2v) is 4.60. The largest absolute Gasteiger partial charge is 0.448 e. The zero-order chi connectivity index (χ0) is 12.3. The van der Waals surface area contributed by atoms with Crippen LogP contribution >= 0.6 is 11.6 Å². The fourth-order valence-corrected chi connectivity index (χ4v) is 1.80. The second-order valence-electron chi connectivity index (χ2n) is 4.23. The summed E-state index contributed by atoms with van der Waals surface area (Å²) in [4.78, 5) is 0. The minimum Gasteiger partial charge on any atom is -0.448 e. The first-order valence-electron chi connectivity index (χ1n) is 5.60. The summed E-state index contributed by atoms with van der Waals surface area (Å²) in [5.74, 6) is 0.846. The Kier molecular flexibility index (Phi) is 3.86. The zero-order valence-corrected chi connectivity index (χ0v) is 10.7. The van der Waals surface area contributed by atoms with Crippen molar-refractivity contribution in [2.75, 3.05) is 0 Å². The number of hydrogen-bond acceptors (Lipinski definition) is 3. The van der Waals surface area contributed by atoms with Gasteiger partial charge in [0.15, 0.2) is 5.22 Å². The molecule has 0 aliphatic rings. The van der Waals surface area contributed by atoms with Gasteiger partial charge >= 0.3 is 0 Å². The van der Waals surface area contributed by atoms with E-state index in [4.69, 9.17) is 16.0 Å². The third-order valence-corrected chi connectivity index (χ3v) is 2.68. The van der Waals surface area contributed by atoms with Gasteiger partial charge < -0.3 is 9.73 Å². The Morgan fingerprint density at radius 2 is 2.35 bits per heavy atom. The van der Waals surface area contributed by atoms with Gasteiger partial charge in [0.25, 0.3) is 0 Å². The summed E-state index contributed by atoms with van der Waals surface area (Å²) in [6.45, 7) is 5.66. The molecule has 0 radical (unpaired) electrons. The molecular weight excluding hydrogens is 238 g/mol. The number of aromatic nitrogens is 2. The van der Waals surface area contributed by atoms with Gasteiger partial charge in [0, 0.05) is 12.2 Å². The lowest BCUT2D eigenvalue weighted by Gasteiger charge is -2.12. The molecule has 4 nitrogen and oxygen atoms in total. The van der Waals surface area contributed by atoms with Crippen LogP contribution in [0, 0.1) is 6.92 Å². The van der Waals surface area contributed by atoms with Crippen LogP contribution in [0.3, 0.4) is 0 Å². The Morgan fingerprint density at radius 3 is 2.94 bits per heavy atom. The number of nitrogens with zero attached hydrogens (tertiary/aromatic N) is 2. The van der Waals surface area contributed by atoms with Gasteiger partial charge in [-0.25, -0.2) is 0 Å². The van der Waals surface area contributed by atoms with Crippen molar-refractivity contribution < 1.29 is 4.42 Å². The van der Waals surface area contributed by atoms with Crippen LogP contribution in [0.15, 0.2) is 28.9 Å². The lowest BCUT2D eigenvalue weighted by Crippen LogP contribution is -2.29. The van der Waals surface area contributed by atoms with E-state index >= 15 is 0 Å². The summed E-state index contributed by atoms with van der Waals surface area (Å²) in [6, 6.07) is 3.94. The van der Waals surface area contributed by atoms with E-state index in [0.29, 0.717) is 17.8 Å². The van der Waals surface area contributed by atoms with Crippen LogP contribution in [-0.4, -0.2) is 15.8 Å². The van der Waals surface area contributed by atoms with Gasteiger partial charge in [-0.15, -0.1) is 0 Å². The average Bonchev–Trinajstić information content (AvgIpc) is 2.85. The number of halogens is 1. The standard InChI is InChI=1S/C12H16ClN3O/c1-9-5-15-16(7-9)8-10(2)14-6-11-3-4-12(13)17-11/h3-5,7,10,14H,6,8H2,1-2H3/t10-/m1/s1. The summed E-state index contributed by atoms with van der Waals surface area (Å²) >= 11 is 5.70. The summed E-state index contributed by atoms with van der Waals surface area (Å²) in [5.41, 5.74) is 1.18. The monoisotopic (exact) mass is 253 g/mol. The molecule has 2 rings (SSSR count). The first-order valence-corrected chi connectivity index (χ1v) is 5.98. The SMILES string of the molecule is Cc1cnn(C[C@@H](C)NCc2ccc(Cl)o2)c1. The Labute approximate surface area is 106 Å². The Morgan fingerprint density at radius 1 is 1.53 bits per heavy atom. The van der Waals surface area contributed by atoms with E-state index in [2.05, 4.69) is 17.3 Å². The maximum Gasteiger partial charge on any atom is 0.193 e. The maximum absolute atomic E-state index is 5.70. The molecule has 0 saturated heterocycles. The number of nitrogens with one attached hydrogen (secondary N) is 1. The predicted octanol–water partition coefficient (Wildman–Crippen LogP) is 2.62. The lowest BCUT2D eigenvalue weighted by molar-refractivity contribution is 0.415. The molecule has 0 bridgehead atoms. The molecule has 0 aromatic carbocycles. The number of furan rings is 1. The van der Waals surface area contributed by atoms with Gasteiger partial charge in [-0.1, -0.05) is 0 Å². The highest BCUT2D eigenvalue weighted by Gasteiger charge is 2.05. The first-order chi connectivity index (χ1) is 8.13. The van der Waals surface area contributed by atoms with E-state index in [1.165, 1.54) is 5.56 Å². The van der Waals surface area contributed by atoms with Crippen LogP contribution in [0.5, 0.6) is 0 Å². The van der Waals surface area contributed by atoms with Crippen LogP contribution in [0.2, 0.25) is 5.22 Å². The van der Waals surface area contributed by atoms with Crippen molar-refractivity contribution in [2.45, 2.75) is 33.0 Å². The maximum atomic E-state index is 5.70.